The molecule has 0 aliphatic heterocycles. The Morgan fingerprint density at radius 2 is 1.96 bits per heavy atom. The molecule has 5 atom stereocenters. The van der Waals surface area contributed by atoms with Crippen LogP contribution < -0.4 is 0 Å². The lowest BCUT2D eigenvalue weighted by Gasteiger charge is -2.55. The van der Waals surface area contributed by atoms with Gasteiger partial charge in [0.2, 0.25) is 0 Å². The molecule has 0 N–H and O–H groups in total. The van der Waals surface area contributed by atoms with Crippen LogP contribution in [-0.4, -0.2) is 0 Å². The van der Waals surface area contributed by atoms with Crippen LogP contribution in [0.2, 0.25) is 0 Å². The predicted octanol–water partition coefficient (Wildman–Crippen LogP) is 7.41. The summed E-state index contributed by atoms with van der Waals surface area (Å²) in [6.45, 7) is 23.8. The van der Waals surface area contributed by atoms with Crippen LogP contribution in [0.25, 0.3) is 0 Å². The van der Waals surface area contributed by atoms with Gasteiger partial charge in [-0.3, -0.25) is 0 Å². The highest BCUT2D eigenvalue weighted by Gasteiger charge is 2.49. The molecule has 2 aliphatic rings. The van der Waals surface area contributed by atoms with Crippen molar-refractivity contribution in [2.45, 2.75) is 86.5 Å². The molecule has 0 aromatic heterocycles. The van der Waals surface area contributed by atoms with Gasteiger partial charge in [-0.25, -0.2) is 0 Å². The Bertz CT molecular complexity index is 455. The summed E-state index contributed by atoms with van der Waals surface area (Å²) in [5.74, 6) is 2.84. The Balaban J connectivity index is 2.26. The molecule has 0 heteroatoms. The fraction of sp³-hybridized carbons (Fsp3) is 0.826. The third-order valence-electron chi connectivity index (χ3n) is 7.66. The summed E-state index contributed by atoms with van der Waals surface area (Å²) in [5.41, 5.74) is 3.86. The summed E-state index contributed by atoms with van der Waals surface area (Å²) in [6.07, 6.45) is 9.14. The minimum atomic E-state index is 0.315. The summed E-state index contributed by atoms with van der Waals surface area (Å²) in [4.78, 5) is 0. The lowest BCUT2D eigenvalue weighted by molar-refractivity contribution is 0.0511. The second-order valence-corrected chi connectivity index (χ2v) is 9.54. The molecule has 2 saturated carbocycles. The number of hydrogen-bond acceptors (Lipinski definition) is 0. The fourth-order valence-electron chi connectivity index (χ4n) is 5.56. The summed E-state index contributed by atoms with van der Waals surface area (Å²) in [7, 11) is 0. The first kappa shape index (κ1) is 18.8. The van der Waals surface area contributed by atoms with Gasteiger partial charge < -0.3 is 0 Å². The van der Waals surface area contributed by atoms with Crippen molar-refractivity contribution in [3.63, 3.8) is 0 Å². The van der Waals surface area contributed by atoms with Gasteiger partial charge in [-0.15, -0.1) is 0 Å². The first-order valence-corrected chi connectivity index (χ1v) is 10.1. The molecule has 2 bridgehead atoms. The minimum absolute atomic E-state index is 0.315. The Kier molecular flexibility index (Phi) is 5.54. The second-order valence-electron chi connectivity index (χ2n) is 9.54. The smallest absolute Gasteiger partial charge is 0.0109 e. The molecule has 132 valence electrons. The molecule has 2 fully saturated rings. The van der Waals surface area contributed by atoms with Gasteiger partial charge >= 0.3 is 0 Å². The summed E-state index contributed by atoms with van der Waals surface area (Å²) in [5, 5.41) is 0. The molecule has 0 heterocycles. The van der Waals surface area contributed by atoms with Gasteiger partial charge in [-0.1, -0.05) is 78.7 Å². The van der Waals surface area contributed by atoms with Crippen LogP contribution in [0.4, 0.5) is 0 Å². The maximum Gasteiger partial charge on any atom is -0.0109 e. The minimum Gasteiger partial charge on any atom is -0.0993 e. The SMILES string of the molecule is C=C1[C@@H]2CCC(C)(C)[C@H]1C[C@H](C)C2C(=C)C(C)(CC)CCCC. The summed E-state index contributed by atoms with van der Waals surface area (Å²) < 4.78 is 0. The van der Waals surface area contributed by atoms with Gasteiger partial charge in [0.25, 0.3) is 0 Å². The zero-order valence-corrected chi connectivity index (χ0v) is 16.7. The van der Waals surface area contributed by atoms with Crippen LogP contribution in [-0.2, 0) is 0 Å². The van der Waals surface area contributed by atoms with E-state index in [0.717, 1.165) is 11.8 Å². The molecule has 2 aliphatic carbocycles. The molecule has 0 amide bonds. The molecule has 23 heavy (non-hydrogen) atoms. The topological polar surface area (TPSA) is 0 Å². The lowest BCUT2D eigenvalue weighted by atomic mass is 9.50. The largest absolute Gasteiger partial charge is 0.0993 e. The third kappa shape index (κ3) is 3.33. The van der Waals surface area contributed by atoms with E-state index < -0.39 is 0 Å². The van der Waals surface area contributed by atoms with Crippen LogP contribution in [0, 0.1) is 34.5 Å². The molecule has 0 saturated heterocycles. The van der Waals surface area contributed by atoms with Crippen LogP contribution >= 0.6 is 0 Å². The van der Waals surface area contributed by atoms with E-state index in [2.05, 4.69) is 48.1 Å². The maximum atomic E-state index is 4.70. The first-order chi connectivity index (χ1) is 10.7. The van der Waals surface area contributed by atoms with E-state index in [-0.39, 0.29) is 0 Å². The van der Waals surface area contributed by atoms with E-state index >= 15 is 0 Å². The maximum absolute atomic E-state index is 4.70. The van der Waals surface area contributed by atoms with Crippen molar-refractivity contribution < 1.29 is 0 Å². The van der Waals surface area contributed by atoms with Gasteiger partial charge in [0, 0.05) is 0 Å². The van der Waals surface area contributed by atoms with Gasteiger partial charge in [0.05, 0.1) is 0 Å². The number of rotatable bonds is 6. The second kappa shape index (κ2) is 6.77. The van der Waals surface area contributed by atoms with Crippen LogP contribution in [0.15, 0.2) is 24.3 Å². The first-order valence-electron chi connectivity index (χ1n) is 10.1. The van der Waals surface area contributed by atoms with Gasteiger partial charge in [0.15, 0.2) is 0 Å². The monoisotopic (exact) mass is 316 g/mol. The van der Waals surface area contributed by atoms with Crippen molar-refractivity contribution in [3.05, 3.63) is 24.3 Å². The van der Waals surface area contributed by atoms with Gasteiger partial charge in [-0.2, -0.15) is 0 Å². The van der Waals surface area contributed by atoms with Gasteiger partial charge in [0.1, 0.15) is 0 Å². The average molecular weight is 317 g/mol. The Hall–Kier alpha value is -0.520. The van der Waals surface area contributed by atoms with Crippen molar-refractivity contribution in [1.29, 1.82) is 0 Å². The molecule has 0 spiro atoms. The summed E-state index contributed by atoms with van der Waals surface area (Å²) >= 11 is 0. The lowest BCUT2D eigenvalue weighted by Crippen LogP contribution is -2.46. The highest BCUT2D eigenvalue weighted by Crippen LogP contribution is 2.59. The zero-order chi connectivity index (χ0) is 17.4. The summed E-state index contributed by atoms with van der Waals surface area (Å²) in [6, 6.07) is 0. The van der Waals surface area contributed by atoms with Crippen LogP contribution in [0.5, 0.6) is 0 Å². The number of fused-ring (bicyclic) bond motifs is 2. The van der Waals surface area contributed by atoms with E-state index in [1.54, 1.807) is 11.1 Å². The van der Waals surface area contributed by atoms with Crippen molar-refractivity contribution in [2.75, 3.05) is 0 Å². The van der Waals surface area contributed by atoms with E-state index in [9.17, 15) is 0 Å². The molecular weight excluding hydrogens is 276 g/mol. The molecule has 2 rings (SSSR count). The number of unbranched alkanes of at least 4 members (excludes halogenated alkanes) is 1. The van der Waals surface area contributed by atoms with Crippen molar-refractivity contribution in [1.82, 2.24) is 0 Å². The highest BCUT2D eigenvalue weighted by atomic mass is 14.5. The van der Waals surface area contributed by atoms with Crippen molar-refractivity contribution >= 4 is 0 Å². The number of allylic oxidation sites excluding steroid dienone is 2. The molecule has 0 nitrogen and oxygen atoms in total. The quantitative estimate of drug-likeness (QED) is 0.447. The molecular formula is C23H40. The molecule has 0 aromatic carbocycles. The van der Waals surface area contributed by atoms with E-state index in [1.807, 2.05) is 0 Å². The van der Waals surface area contributed by atoms with Crippen molar-refractivity contribution in [3.8, 4) is 0 Å². The van der Waals surface area contributed by atoms with Crippen LogP contribution in [0.1, 0.15) is 86.5 Å². The average Bonchev–Trinajstić information content (AvgIpc) is 2.50. The van der Waals surface area contributed by atoms with Crippen molar-refractivity contribution in [2.24, 2.45) is 34.5 Å². The fourth-order valence-corrected chi connectivity index (χ4v) is 5.56. The third-order valence-corrected chi connectivity index (χ3v) is 7.66. The standard InChI is InChI=1S/C23H40/c1-9-11-13-23(8,10-2)18(5)21-16(3)15-20-17(4)19(21)12-14-22(20,6)7/h16,19-21H,4-5,9-15H2,1-3,6-8H3/t16-,19-,20-,21?,23?/m0/s1. The Labute approximate surface area is 145 Å². The Morgan fingerprint density at radius 1 is 1.30 bits per heavy atom. The van der Waals surface area contributed by atoms with E-state index in [1.165, 1.54) is 44.9 Å². The van der Waals surface area contributed by atoms with E-state index in [4.69, 9.17) is 6.58 Å². The zero-order valence-electron chi connectivity index (χ0n) is 16.7. The predicted molar refractivity (Wildman–Crippen MR) is 103 cm³/mol. The highest BCUT2D eigenvalue weighted by molar-refractivity contribution is 5.26. The molecule has 2 unspecified atom stereocenters. The molecule has 0 aromatic rings. The van der Waals surface area contributed by atoms with Crippen LogP contribution in [0.3, 0.4) is 0 Å². The van der Waals surface area contributed by atoms with E-state index in [0.29, 0.717) is 22.7 Å². The molecule has 0 radical (unpaired) electrons. The normalized spacial score (nSPS) is 35.7. The Morgan fingerprint density at radius 3 is 2.52 bits per heavy atom. The number of hydrogen-bond donors (Lipinski definition) is 0. The van der Waals surface area contributed by atoms with Gasteiger partial charge in [-0.05, 0) is 66.6 Å².